The monoisotopic (exact) mass is 467 g/mol. The van der Waals surface area contributed by atoms with Crippen LogP contribution in [0.4, 0.5) is 4.39 Å². The first-order valence-corrected chi connectivity index (χ1v) is 11.0. The molecule has 0 bridgehead atoms. The fraction of sp³-hybridized carbons (Fsp3) is 0.111. The molecule has 2 aromatic heterocycles. The van der Waals surface area contributed by atoms with Crippen molar-refractivity contribution >= 4 is 17.1 Å². The fourth-order valence-electron chi connectivity index (χ4n) is 4.10. The first-order valence-electron chi connectivity index (χ1n) is 11.0. The van der Waals surface area contributed by atoms with Crippen LogP contribution in [0, 0.1) is 19.7 Å². The molecule has 2 N–H and O–H groups in total. The Bertz CT molecular complexity index is 1650. The lowest BCUT2D eigenvalue weighted by Crippen LogP contribution is -2.24. The second-order valence-corrected chi connectivity index (χ2v) is 8.37. The van der Waals surface area contributed by atoms with Crippen LogP contribution in [0.1, 0.15) is 27.2 Å². The Morgan fingerprint density at radius 2 is 1.66 bits per heavy atom. The lowest BCUT2D eigenvalue weighted by Gasteiger charge is -2.09. The van der Waals surface area contributed by atoms with Gasteiger partial charge >= 0.3 is 5.69 Å². The molecular formula is C27H22FN5O2. The van der Waals surface area contributed by atoms with E-state index in [0.29, 0.717) is 5.69 Å². The van der Waals surface area contributed by atoms with E-state index >= 15 is 0 Å². The minimum atomic E-state index is -0.839. The van der Waals surface area contributed by atoms with Gasteiger partial charge < -0.3 is 5.73 Å². The van der Waals surface area contributed by atoms with E-state index in [1.807, 2.05) is 62.4 Å². The molecule has 174 valence electrons. The molecule has 0 unspecified atom stereocenters. The van der Waals surface area contributed by atoms with Crippen molar-refractivity contribution < 1.29 is 9.18 Å². The third-order valence-corrected chi connectivity index (χ3v) is 6.05. The highest BCUT2D eigenvalue weighted by molar-refractivity contribution is 6.02. The molecule has 0 atom stereocenters. The van der Waals surface area contributed by atoms with Crippen molar-refractivity contribution in [2.75, 3.05) is 0 Å². The van der Waals surface area contributed by atoms with E-state index in [1.165, 1.54) is 21.3 Å². The van der Waals surface area contributed by atoms with Crippen molar-refractivity contribution in [2.24, 2.45) is 5.73 Å². The Morgan fingerprint density at radius 1 is 0.943 bits per heavy atom. The molecule has 0 aliphatic heterocycles. The molecule has 3 aromatic carbocycles. The number of nitrogens with two attached hydrogens (primary N) is 1. The number of rotatable bonds is 5. The summed E-state index contributed by atoms with van der Waals surface area (Å²) >= 11 is 0. The zero-order valence-electron chi connectivity index (χ0n) is 19.2. The second kappa shape index (κ2) is 8.64. The lowest BCUT2D eigenvalue weighted by atomic mass is 10.1. The Labute approximate surface area is 200 Å². The fourth-order valence-corrected chi connectivity index (χ4v) is 4.10. The van der Waals surface area contributed by atoms with Gasteiger partial charge in [-0.25, -0.2) is 23.7 Å². The Morgan fingerprint density at radius 3 is 2.34 bits per heavy atom. The summed E-state index contributed by atoms with van der Waals surface area (Å²) in [7, 11) is 0. The number of carbonyl (C=O) groups excluding carboxylic acids is 1. The van der Waals surface area contributed by atoms with Crippen LogP contribution in [0.25, 0.3) is 28.2 Å². The normalized spacial score (nSPS) is 11.2. The number of amides is 1. The van der Waals surface area contributed by atoms with Crippen LogP contribution in [0.15, 0.2) is 77.6 Å². The van der Waals surface area contributed by atoms with E-state index in [4.69, 9.17) is 5.73 Å². The zero-order valence-corrected chi connectivity index (χ0v) is 19.2. The first kappa shape index (κ1) is 22.2. The topological polar surface area (TPSA) is 95.8 Å². The van der Waals surface area contributed by atoms with E-state index in [-0.39, 0.29) is 34.8 Å². The smallest absolute Gasteiger partial charge is 0.335 e. The highest BCUT2D eigenvalue weighted by Gasteiger charge is 2.25. The summed E-state index contributed by atoms with van der Waals surface area (Å²) in [6, 6.07) is 21.0. The number of hydrogen-bond acceptors (Lipinski definition) is 4. The van der Waals surface area contributed by atoms with Crippen LogP contribution >= 0.6 is 0 Å². The first-order chi connectivity index (χ1) is 16.8. The molecule has 0 fully saturated rings. The number of nitrogens with zero attached hydrogens (tertiary/aromatic N) is 4. The summed E-state index contributed by atoms with van der Waals surface area (Å²) in [6.45, 7) is 4.10. The number of primary amides is 1. The lowest BCUT2D eigenvalue weighted by molar-refractivity contribution is 0.0997. The van der Waals surface area contributed by atoms with E-state index in [2.05, 4.69) is 9.97 Å². The van der Waals surface area contributed by atoms with Crippen molar-refractivity contribution in [3.63, 3.8) is 0 Å². The van der Waals surface area contributed by atoms with Crippen LogP contribution in [-0.2, 0) is 6.54 Å². The molecule has 0 aliphatic carbocycles. The number of fused-ring (bicyclic) bond motifs is 1. The summed E-state index contributed by atoms with van der Waals surface area (Å²) in [5.41, 5.74) is 9.11. The Kier molecular flexibility index (Phi) is 5.49. The van der Waals surface area contributed by atoms with Gasteiger partial charge in [0.2, 0.25) is 0 Å². The Balaban J connectivity index is 1.89. The summed E-state index contributed by atoms with van der Waals surface area (Å²) in [5, 5.41) is 0. The third kappa shape index (κ3) is 3.89. The molecule has 5 rings (SSSR count). The molecule has 5 aromatic rings. The van der Waals surface area contributed by atoms with Gasteiger partial charge in [0.1, 0.15) is 11.3 Å². The van der Waals surface area contributed by atoms with Gasteiger partial charge in [-0.2, -0.15) is 0 Å². The average molecular weight is 468 g/mol. The van der Waals surface area contributed by atoms with E-state index < -0.39 is 17.4 Å². The molecule has 35 heavy (non-hydrogen) atoms. The maximum Gasteiger partial charge on any atom is 0.335 e. The van der Waals surface area contributed by atoms with Crippen LogP contribution in [-0.4, -0.2) is 25.0 Å². The molecule has 2 heterocycles. The van der Waals surface area contributed by atoms with E-state index in [1.54, 1.807) is 12.1 Å². The SMILES string of the molecule is Cc1ccc(-n2c(=O)n(Cc3ccccc3)c3c(C(N)=O)nc(-c4ccccc4F)nc32)cc1C. The molecule has 0 spiro atoms. The van der Waals surface area contributed by atoms with Gasteiger partial charge in [0, 0.05) is 0 Å². The molecular weight excluding hydrogens is 445 g/mol. The largest absolute Gasteiger partial charge is 0.364 e. The van der Waals surface area contributed by atoms with Crippen molar-refractivity contribution in [1.29, 1.82) is 0 Å². The van der Waals surface area contributed by atoms with Gasteiger partial charge in [-0.3, -0.25) is 9.36 Å². The van der Waals surface area contributed by atoms with Crippen molar-refractivity contribution in [3.8, 4) is 17.1 Å². The molecule has 0 radical (unpaired) electrons. The highest BCUT2D eigenvalue weighted by atomic mass is 19.1. The van der Waals surface area contributed by atoms with E-state index in [9.17, 15) is 14.0 Å². The maximum absolute atomic E-state index is 14.6. The number of aromatic nitrogens is 4. The minimum Gasteiger partial charge on any atom is -0.364 e. The number of hydrogen-bond donors (Lipinski definition) is 1. The average Bonchev–Trinajstić information content (AvgIpc) is 3.12. The van der Waals surface area contributed by atoms with Crippen LogP contribution in [0.2, 0.25) is 0 Å². The maximum atomic E-state index is 14.6. The predicted octanol–water partition coefficient (Wildman–Crippen LogP) is 4.15. The van der Waals surface area contributed by atoms with Gasteiger partial charge in [0.25, 0.3) is 5.91 Å². The summed E-state index contributed by atoms with van der Waals surface area (Å²) in [4.78, 5) is 35.3. The van der Waals surface area contributed by atoms with Crippen molar-refractivity contribution in [1.82, 2.24) is 19.1 Å². The van der Waals surface area contributed by atoms with Gasteiger partial charge in [-0.1, -0.05) is 48.5 Å². The molecule has 8 heteroatoms. The number of halogens is 1. The van der Waals surface area contributed by atoms with Crippen molar-refractivity contribution in [2.45, 2.75) is 20.4 Å². The van der Waals surface area contributed by atoms with E-state index in [0.717, 1.165) is 16.7 Å². The summed E-state index contributed by atoms with van der Waals surface area (Å²) < 4.78 is 17.5. The molecule has 0 saturated carbocycles. The number of benzene rings is 3. The third-order valence-electron chi connectivity index (χ3n) is 6.05. The quantitative estimate of drug-likeness (QED) is 0.420. The second-order valence-electron chi connectivity index (χ2n) is 8.37. The zero-order chi connectivity index (χ0) is 24.7. The van der Waals surface area contributed by atoms with Crippen LogP contribution in [0.5, 0.6) is 0 Å². The highest BCUT2D eigenvalue weighted by Crippen LogP contribution is 2.26. The summed E-state index contributed by atoms with van der Waals surface area (Å²) in [6.07, 6.45) is 0. The Hall–Kier alpha value is -4.59. The van der Waals surface area contributed by atoms with Gasteiger partial charge in [0.05, 0.1) is 17.8 Å². The van der Waals surface area contributed by atoms with Crippen LogP contribution in [0.3, 0.4) is 0 Å². The predicted molar refractivity (Wildman–Crippen MR) is 132 cm³/mol. The molecule has 7 nitrogen and oxygen atoms in total. The molecule has 0 aliphatic rings. The van der Waals surface area contributed by atoms with Gasteiger partial charge in [-0.15, -0.1) is 0 Å². The van der Waals surface area contributed by atoms with Gasteiger partial charge in [-0.05, 0) is 54.8 Å². The molecule has 0 saturated heterocycles. The number of carbonyl (C=O) groups is 1. The standard InChI is InChI=1S/C27H22FN5O2/c1-16-12-13-19(14-17(16)2)33-26-23(32(27(33)35)15-18-8-4-3-5-9-18)22(24(29)34)30-25(31-26)20-10-6-7-11-21(20)28/h3-14H,15H2,1-2H3,(H2,29,34). The number of aryl methyl sites for hydroxylation is 2. The van der Waals surface area contributed by atoms with Gasteiger partial charge in [0.15, 0.2) is 17.2 Å². The molecule has 1 amide bonds. The van der Waals surface area contributed by atoms with Crippen LogP contribution < -0.4 is 11.4 Å². The van der Waals surface area contributed by atoms with Crippen molar-refractivity contribution in [3.05, 3.63) is 111 Å². The number of imidazole rings is 1. The summed E-state index contributed by atoms with van der Waals surface area (Å²) in [5.74, 6) is -1.42. The minimum absolute atomic E-state index is 0.0288.